The molecule has 30 heavy (non-hydrogen) atoms. The minimum absolute atomic E-state index is 0.188. The third-order valence-electron chi connectivity index (χ3n) is 5.52. The number of piperazine rings is 1. The number of hydrogen-bond donors (Lipinski definition) is 1. The van der Waals surface area contributed by atoms with Crippen molar-refractivity contribution in [1.29, 1.82) is 0 Å². The first-order valence-corrected chi connectivity index (χ1v) is 11.7. The summed E-state index contributed by atoms with van der Waals surface area (Å²) >= 11 is 1.51. The molecule has 1 saturated heterocycles. The molecule has 1 fully saturated rings. The lowest BCUT2D eigenvalue weighted by Crippen LogP contribution is -3.14. The van der Waals surface area contributed by atoms with Crippen LogP contribution in [0.4, 0.5) is 0 Å². The minimum Gasteiger partial charge on any atom is -0.497 e. The second-order valence-electron chi connectivity index (χ2n) is 8.23. The van der Waals surface area contributed by atoms with Gasteiger partial charge in [0.15, 0.2) is 11.0 Å². The molecule has 2 heterocycles. The maximum atomic E-state index is 13.0. The van der Waals surface area contributed by atoms with Crippen molar-refractivity contribution in [3.63, 3.8) is 0 Å². The summed E-state index contributed by atoms with van der Waals surface area (Å²) in [5.41, 5.74) is 0.994. The maximum Gasteiger partial charge on any atom is 0.236 e. The van der Waals surface area contributed by atoms with E-state index in [0.29, 0.717) is 5.92 Å². The maximum absolute atomic E-state index is 13.0. The molecule has 0 bridgehead atoms. The van der Waals surface area contributed by atoms with Crippen LogP contribution in [0.2, 0.25) is 0 Å². The van der Waals surface area contributed by atoms with E-state index in [0.717, 1.165) is 61.6 Å². The molecule has 0 saturated carbocycles. The van der Waals surface area contributed by atoms with E-state index in [1.54, 1.807) is 12.0 Å². The van der Waals surface area contributed by atoms with Crippen LogP contribution in [0.3, 0.4) is 0 Å². The lowest BCUT2D eigenvalue weighted by atomic mass is 10.2. The van der Waals surface area contributed by atoms with Crippen molar-refractivity contribution in [3.8, 4) is 17.1 Å². The van der Waals surface area contributed by atoms with Gasteiger partial charge in [-0.1, -0.05) is 25.6 Å². The van der Waals surface area contributed by atoms with E-state index >= 15 is 0 Å². The smallest absolute Gasteiger partial charge is 0.236 e. The molecule has 1 aromatic heterocycles. The molecule has 0 radical (unpaired) electrons. The van der Waals surface area contributed by atoms with E-state index in [1.165, 1.54) is 11.8 Å². The van der Waals surface area contributed by atoms with E-state index in [4.69, 9.17) is 4.74 Å². The Hall–Kier alpha value is -2.06. The largest absolute Gasteiger partial charge is 0.497 e. The van der Waals surface area contributed by atoms with Gasteiger partial charge in [-0.2, -0.15) is 0 Å². The number of ether oxygens (including phenoxy) is 1. The number of carbonyl (C=O) groups excluding carboxylic acids is 1. The molecule has 164 valence electrons. The van der Waals surface area contributed by atoms with Crippen molar-refractivity contribution in [2.24, 2.45) is 5.92 Å². The first kappa shape index (κ1) is 22.6. The van der Waals surface area contributed by atoms with E-state index in [1.807, 2.05) is 36.1 Å². The molecule has 1 N–H and O–H groups in total. The van der Waals surface area contributed by atoms with E-state index in [9.17, 15) is 4.79 Å². The van der Waals surface area contributed by atoms with Gasteiger partial charge in [-0.3, -0.25) is 4.79 Å². The predicted molar refractivity (Wildman–Crippen MR) is 120 cm³/mol. The normalized spacial score (nSPS) is 16.1. The van der Waals surface area contributed by atoms with Gasteiger partial charge in [-0.25, -0.2) is 0 Å². The average Bonchev–Trinajstić information content (AvgIpc) is 3.14. The predicted octanol–water partition coefficient (Wildman–Crippen LogP) is 1.84. The van der Waals surface area contributed by atoms with Gasteiger partial charge < -0.3 is 19.1 Å². The Morgan fingerprint density at radius 1 is 1.17 bits per heavy atom. The van der Waals surface area contributed by atoms with E-state index in [-0.39, 0.29) is 11.2 Å². The van der Waals surface area contributed by atoms with Gasteiger partial charge in [0.1, 0.15) is 5.75 Å². The highest BCUT2D eigenvalue weighted by atomic mass is 32.2. The molecule has 1 aromatic carbocycles. The fourth-order valence-corrected chi connectivity index (χ4v) is 4.66. The monoisotopic (exact) mass is 432 g/mol. The van der Waals surface area contributed by atoms with Crippen LogP contribution in [0.15, 0.2) is 29.4 Å². The number of amides is 1. The zero-order chi connectivity index (χ0) is 21.7. The molecule has 7 nitrogen and oxygen atoms in total. The Morgan fingerprint density at radius 2 is 1.83 bits per heavy atom. The second-order valence-corrected chi connectivity index (χ2v) is 9.54. The molecule has 3 rings (SSSR count). The van der Waals surface area contributed by atoms with E-state index < -0.39 is 0 Å². The van der Waals surface area contributed by atoms with Crippen LogP contribution in [0.25, 0.3) is 11.4 Å². The Bertz CT molecular complexity index is 829. The Morgan fingerprint density at radius 3 is 2.40 bits per heavy atom. The molecule has 2 aromatic rings. The van der Waals surface area contributed by atoms with Crippen LogP contribution in [-0.2, 0) is 11.3 Å². The van der Waals surface area contributed by atoms with Crippen LogP contribution in [-0.4, -0.2) is 70.7 Å². The molecule has 1 aliphatic rings. The first-order chi connectivity index (χ1) is 14.4. The van der Waals surface area contributed by atoms with Gasteiger partial charge in [0.2, 0.25) is 5.91 Å². The SMILES string of the molecule is CC[NH+]1CCN(C(=O)[C@H](C)Sc2nnc(-c3ccc(OC)cc3)n2CC(C)C)CC1. The number of nitrogens with zero attached hydrogens (tertiary/aromatic N) is 4. The third-order valence-corrected chi connectivity index (χ3v) is 6.59. The summed E-state index contributed by atoms with van der Waals surface area (Å²) in [6.07, 6.45) is 0. The van der Waals surface area contributed by atoms with Gasteiger partial charge in [0.05, 0.1) is 45.1 Å². The second kappa shape index (κ2) is 10.3. The van der Waals surface area contributed by atoms with Crippen molar-refractivity contribution in [3.05, 3.63) is 24.3 Å². The number of benzene rings is 1. The number of rotatable bonds is 8. The summed E-state index contributed by atoms with van der Waals surface area (Å²) in [5.74, 6) is 2.27. The average molecular weight is 433 g/mol. The molecule has 0 unspecified atom stereocenters. The molecular weight excluding hydrogens is 398 g/mol. The summed E-state index contributed by atoms with van der Waals surface area (Å²) in [6, 6.07) is 7.86. The summed E-state index contributed by atoms with van der Waals surface area (Å²) in [6.45, 7) is 14.2. The van der Waals surface area contributed by atoms with Crippen molar-refractivity contribution < 1.29 is 14.4 Å². The summed E-state index contributed by atoms with van der Waals surface area (Å²) in [5, 5.41) is 9.53. The zero-order valence-corrected chi connectivity index (χ0v) is 19.5. The topological polar surface area (TPSA) is 64.7 Å². The van der Waals surface area contributed by atoms with Crippen LogP contribution >= 0.6 is 11.8 Å². The molecule has 1 aliphatic heterocycles. The highest BCUT2D eigenvalue weighted by Gasteiger charge is 2.28. The fourth-order valence-electron chi connectivity index (χ4n) is 3.72. The van der Waals surface area contributed by atoms with Gasteiger partial charge in [0.25, 0.3) is 0 Å². The minimum atomic E-state index is -0.188. The van der Waals surface area contributed by atoms with Gasteiger partial charge >= 0.3 is 0 Å². The van der Waals surface area contributed by atoms with E-state index in [2.05, 4.69) is 35.5 Å². The van der Waals surface area contributed by atoms with Crippen LogP contribution in [0.5, 0.6) is 5.75 Å². The lowest BCUT2D eigenvalue weighted by Gasteiger charge is -2.32. The number of hydrogen-bond acceptors (Lipinski definition) is 5. The van der Waals surface area contributed by atoms with Gasteiger partial charge in [-0.15, -0.1) is 10.2 Å². The molecule has 1 atom stereocenters. The zero-order valence-electron chi connectivity index (χ0n) is 18.7. The number of methoxy groups -OCH3 is 1. The summed E-state index contributed by atoms with van der Waals surface area (Å²) in [4.78, 5) is 16.6. The Balaban J connectivity index is 1.76. The number of thioether (sulfide) groups is 1. The number of carbonyl (C=O) groups is 1. The Kier molecular flexibility index (Phi) is 7.77. The number of nitrogens with one attached hydrogen (secondary N) is 1. The van der Waals surface area contributed by atoms with Crippen LogP contribution < -0.4 is 9.64 Å². The standard InChI is InChI=1S/C22H33N5O2S/c1-6-25-11-13-26(14-12-25)21(28)17(4)30-22-24-23-20(27(22)15-16(2)3)18-7-9-19(29-5)10-8-18/h7-10,16-17H,6,11-15H2,1-5H3/p+1/t17-/m0/s1. The fraction of sp³-hybridized carbons (Fsp3) is 0.591. The van der Waals surface area contributed by atoms with Gasteiger partial charge in [0, 0.05) is 12.1 Å². The number of likely N-dealkylation sites (N-methyl/N-ethyl adjacent to an activating group) is 1. The highest BCUT2D eigenvalue weighted by Crippen LogP contribution is 2.29. The molecule has 0 aliphatic carbocycles. The van der Waals surface area contributed by atoms with Crippen LogP contribution in [0.1, 0.15) is 27.7 Å². The quantitative estimate of drug-likeness (QED) is 0.645. The first-order valence-electron chi connectivity index (χ1n) is 10.8. The third kappa shape index (κ3) is 5.35. The molecular formula is C22H34N5O2S+. The number of aromatic nitrogens is 3. The van der Waals surface area contributed by atoms with Crippen molar-refractivity contribution in [2.75, 3.05) is 39.8 Å². The lowest BCUT2D eigenvalue weighted by molar-refractivity contribution is -0.902. The Labute approximate surface area is 183 Å². The van der Waals surface area contributed by atoms with Gasteiger partial charge in [-0.05, 0) is 44.0 Å². The summed E-state index contributed by atoms with van der Waals surface area (Å²) < 4.78 is 7.40. The van der Waals surface area contributed by atoms with Crippen LogP contribution in [0, 0.1) is 5.92 Å². The number of quaternary nitrogens is 1. The molecule has 0 spiro atoms. The summed E-state index contributed by atoms with van der Waals surface area (Å²) in [7, 11) is 1.66. The highest BCUT2D eigenvalue weighted by molar-refractivity contribution is 8.00. The van der Waals surface area contributed by atoms with Crippen molar-refractivity contribution in [1.82, 2.24) is 19.7 Å². The van der Waals surface area contributed by atoms with Crippen molar-refractivity contribution >= 4 is 17.7 Å². The molecule has 8 heteroatoms. The van der Waals surface area contributed by atoms with Crippen molar-refractivity contribution in [2.45, 2.75) is 44.6 Å². The molecule has 1 amide bonds.